The predicted octanol–water partition coefficient (Wildman–Crippen LogP) is 6.92. The number of benzene rings is 2. The number of hydrogen-bond acceptors (Lipinski definition) is 1. The minimum Gasteiger partial charge on any atom is -0.252 e. The van der Waals surface area contributed by atoms with E-state index in [2.05, 4.69) is 95.6 Å². The number of fused-ring (bicyclic) bond motifs is 2. The van der Waals surface area contributed by atoms with Gasteiger partial charge in [0.25, 0.3) is 0 Å². The normalized spacial score (nSPS) is 12.8. The molecule has 2 aromatic heterocycles. The molecule has 0 bridgehead atoms. The Morgan fingerprint density at radius 1 is 0.967 bits per heavy atom. The lowest BCUT2D eigenvalue weighted by Crippen LogP contribution is -2.35. The fourth-order valence-electron chi connectivity index (χ4n) is 4.40. The van der Waals surface area contributed by atoms with Crippen LogP contribution in [0.5, 0.6) is 0 Å². The van der Waals surface area contributed by atoms with Crippen LogP contribution in [0.3, 0.4) is 0 Å². The molecule has 2 heteroatoms. The third kappa shape index (κ3) is 3.29. The summed E-state index contributed by atoms with van der Waals surface area (Å²) in [7, 11) is 2.07. The molecule has 0 amide bonds. The molecule has 4 aromatic rings. The molecule has 0 saturated carbocycles. The van der Waals surface area contributed by atoms with Gasteiger partial charge < -0.3 is 0 Å². The minimum absolute atomic E-state index is 0.0178. The molecule has 0 saturated heterocycles. The van der Waals surface area contributed by atoms with E-state index in [1.54, 1.807) is 0 Å². The highest BCUT2D eigenvalue weighted by atomic mass is 15.0. The van der Waals surface area contributed by atoms with Crippen molar-refractivity contribution in [1.82, 2.24) is 4.98 Å². The van der Waals surface area contributed by atoms with Gasteiger partial charge in [0, 0.05) is 18.7 Å². The van der Waals surface area contributed by atoms with Crippen molar-refractivity contribution in [3.63, 3.8) is 0 Å². The first-order valence-electron chi connectivity index (χ1n) is 11.4. The Hall–Kier alpha value is -2.74. The van der Waals surface area contributed by atoms with Crippen LogP contribution >= 0.6 is 0 Å². The maximum absolute atomic E-state index is 8.77. The smallest absolute Gasteiger partial charge is 0.222 e. The van der Waals surface area contributed by atoms with Gasteiger partial charge in [-0.2, -0.15) is 4.57 Å². The zero-order valence-electron chi connectivity index (χ0n) is 20.5. The molecule has 0 atom stereocenters. The molecule has 0 aliphatic heterocycles. The third-order valence-corrected chi connectivity index (χ3v) is 6.28. The van der Waals surface area contributed by atoms with Gasteiger partial charge in [-0.3, -0.25) is 4.98 Å². The van der Waals surface area contributed by atoms with Gasteiger partial charge in [0.15, 0.2) is 5.69 Å². The first kappa shape index (κ1) is 19.2. The zero-order valence-corrected chi connectivity index (χ0v) is 19.5. The molecular formula is C28H33N2+. The SMILES string of the molecule is [2H]c1c(C)[n+](C)c(-c2cc(C(C)(C)C)c3ccccc3c2C)c2ccc(C(C)C)nc12. The molecule has 0 radical (unpaired) electrons. The summed E-state index contributed by atoms with van der Waals surface area (Å²) in [6.45, 7) is 15.4. The molecule has 30 heavy (non-hydrogen) atoms. The molecule has 0 N–H and O–H groups in total. The predicted molar refractivity (Wildman–Crippen MR) is 128 cm³/mol. The van der Waals surface area contributed by atoms with Crippen LogP contribution in [0.15, 0.2) is 48.5 Å². The fourth-order valence-corrected chi connectivity index (χ4v) is 4.40. The Bertz CT molecular complexity index is 1330. The van der Waals surface area contributed by atoms with Gasteiger partial charge in [0.1, 0.15) is 7.05 Å². The maximum Gasteiger partial charge on any atom is 0.222 e. The Morgan fingerprint density at radius 2 is 1.63 bits per heavy atom. The van der Waals surface area contributed by atoms with E-state index in [9.17, 15) is 0 Å². The number of rotatable bonds is 2. The number of pyridine rings is 2. The van der Waals surface area contributed by atoms with Crippen molar-refractivity contribution in [3.8, 4) is 11.3 Å². The Balaban J connectivity index is 2.19. The lowest BCUT2D eigenvalue weighted by Gasteiger charge is -2.24. The second-order valence-electron chi connectivity index (χ2n) is 9.80. The van der Waals surface area contributed by atoms with E-state index < -0.39 is 0 Å². The highest BCUT2D eigenvalue weighted by Crippen LogP contribution is 2.38. The number of hydrogen-bond donors (Lipinski definition) is 0. The van der Waals surface area contributed by atoms with Crippen LogP contribution in [0.4, 0.5) is 0 Å². The van der Waals surface area contributed by atoms with Gasteiger partial charge in [-0.1, -0.05) is 58.9 Å². The van der Waals surface area contributed by atoms with Crippen LogP contribution < -0.4 is 4.57 Å². The Morgan fingerprint density at radius 3 is 2.27 bits per heavy atom. The summed E-state index contributed by atoms with van der Waals surface area (Å²) in [5.74, 6) is 0.330. The summed E-state index contributed by atoms with van der Waals surface area (Å²) >= 11 is 0. The van der Waals surface area contributed by atoms with E-state index in [0.717, 1.165) is 28.0 Å². The van der Waals surface area contributed by atoms with Crippen LogP contribution in [0.2, 0.25) is 0 Å². The lowest BCUT2D eigenvalue weighted by molar-refractivity contribution is -0.665. The monoisotopic (exact) mass is 398 g/mol. The highest BCUT2D eigenvalue weighted by Gasteiger charge is 2.26. The van der Waals surface area contributed by atoms with Gasteiger partial charge in [0.2, 0.25) is 5.69 Å². The molecular weight excluding hydrogens is 364 g/mol. The van der Waals surface area contributed by atoms with Crippen molar-refractivity contribution in [2.75, 3.05) is 0 Å². The molecule has 2 heterocycles. The van der Waals surface area contributed by atoms with E-state index in [0.29, 0.717) is 12.0 Å². The summed E-state index contributed by atoms with van der Waals surface area (Å²) in [6.07, 6.45) is 0. The van der Waals surface area contributed by atoms with E-state index in [-0.39, 0.29) is 5.41 Å². The van der Waals surface area contributed by atoms with Crippen molar-refractivity contribution in [2.45, 2.75) is 59.8 Å². The van der Waals surface area contributed by atoms with Crippen molar-refractivity contribution >= 4 is 21.7 Å². The fraction of sp³-hybridized carbons (Fsp3) is 0.357. The standard InChI is InChI=1S/C28H33N2/c1-17(2)25-14-13-22-26(29-25)15-18(3)30(8)27(22)23-16-24(28(5,6)7)21-12-10-9-11-20(21)19(23)4/h9-17H,1-8H3/q+1/i15D. The van der Waals surface area contributed by atoms with E-state index in [1.807, 2.05) is 6.92 Å². The van der Waals surface area contributed by atoms with Gasteiger partial charge >= 0.3 is 0 Å². The average Bonchev–Trinajstić information content (AvgIpc) is 2.72. The van der Waals surface area contributed by atoms with Crippen molar-refractivity contribution in [3.05, 3.63) is 71.0 Å². The topological polar surface area (TPSA) is 16.8 Å². The zero-order chi connectivity index (χ0) is 22.7. The quantitative estimate of drug-likeness (QED) is 0.335. The van der Waals surface area contributed by atoms with Crippen LogP contribution in [-0.2, 0) is 12.5 Å². The molecule has 2 nitrogen and oxygen atoms in total. The van der Waals surface area contributed by atoms with Crippen LogP contribution in [0.1, 0.15) is 64.4 Å². The summed E-state index contributed by atoms with van der Waals surface area (Å²) in [5.41, 5.74) is 7.75. The first-order chi connectivity index (χ1) is 14.5. The van der Waals surface area contributed by atoms with Crippen LogP contribution in [0, 0.1) is 13.8 Å². The summed E-state index contributed by atoms with van der Waals surface area (Å²) < 4.78 is 10.9. The summed E-state index contributed by atoms with van der Waals surface area (Å²) in [5, 5.41) is 3.65. The van der Waals surface area contributed by atoms with Crippen LogP contribution in [0.25, 0.3) is 32.9 Å². The molecule has 0 aliphatic rings. The second-order valence-corrected chi connectivity index (χ2v) is 9.80. The number of aromatic nitrogens is 2. The van der Waals surface area contributed by atoms with E-state index >= 15 is 0 Å². The Labute approximate surface area is 182 Å². The molecule has 0 fully saturated rings. The summed E-state index contributed by atoms with van der Waals surface area (Å²) in [4.78, 5) is 4.92. The number of nitrogens with zero attached hydrogens (tertiary/aromatic N) is 2. The summed E-state index contributed by atoms with van der Waals surface area (Å²) in [6, 6.07) is 15.9. The van der Waals surface area contributed by atoms with Crippen molar-refractivity contribution < 1.29 is 5.94 Å². The van der Waals surface area contributed by atoms with Gasteiger partial charge in [-0.05, 0) is 58.4 Å². The molecule has 2 aromatic carbocycles. The molecule has 4 rings (SSSR count). The second kappa shape index (κ2) is 7.19. The molecule has 0 aliphatic carbocycles. The average molecular weight is 399 g/mol. The molecule has 154 valence electrons. The highest BCUT2D eigenvalue weighted by molar-refractivity contribution is 5.99. The number of aryl methyl sites for hydroxylation is 1. The minimum atomic E-state index is 0.0178. The lowest BCUT2D eigenvalue weighted by atomic mass is 9.80. The Kier molecular flexibility index (Phi) is 4.61. The first-order valence-corrected chi connectivity index (χ1v) is 10.9. The van der Waals surface area contributed by atoms with Gasteiger partial charge in [0.05, 0.1) is 17.8 Å². The van der Waals surface area contributed by atoms with Crippen LogP contribution in [-0.4, -0.2) is 4.98 Å². The van der Waals surface area contributed by atoms with E-state index in [1.165, 1.54) is 27.5 Å². The third-order valence-electron chi connectivity index (χ3n) is 6.28. The molecule has 0 unspecified atom stereocenters. The van der Waals surface area contributed by atoms with Gasteiger partial charge in [-0.15, -0.1) is 0 Å². The van der Waals surface area contributed by atoms with Gasteiger partial charge in [-0.25, -0.2) is 0 Å². The van der Waals surface area contributed by atoms with Crippen molar-refractivity contribution in [1.29, 1.82) is 0 Å². The maximum atomic E-state index is 8.77. The van der Waals surface area contributed by atoms with Crippen molar-refractivity contribution in [2.24, 2.45) is 7.05 Å². The molecule has 0 spiro atoms. The van der Waals surface area contributed by atoms with E-state index in [4.69, 9.17) is 6.35 Å². The largest absolute Gasteiger partial charge is 0.252 e.